The molecule has 1 aromatic heterocycles. The normalized spacial score (nSPS) is 17.3. The number of amides is 1. The van der Waals surface area contributed by atoms with Crippen LogP contribution in [0.2, 0.25) is 5.02 Å². The lowest BCUT2D eigenvalue weighted by atomic mass is 10.2. The van der Waals surface area contributed by atoms with Gasteiger partial charge >= 0.3 is 0 Å². The van der Waals surface area contributed by atoms with Crippen molar-refractivity contribution in [3.8, 4) is 5.88 Å². The number of aromatic nitrogens is 1. The third-order valence-electron chi connectivity index (χ3n) is 3.59. The average molecular weight is 461 g/mol. The van der Waals surface area contributed by atoms with Crippen molar-refractivity contribution >= 4 is 49.4 Å². The van der Waals surface area contributed by atoms with Gasteiger partial charge in [0.25, 0.3) is 5.91 Å². The zero-order valence-corrected chi connectivity index (χ0v) is 15.9. The highest BCUT2D eigenvalue weighted by Crippen LogP contribution is 2.27. The van der Waals surface area contributed by atoms with Crippen LogP contribution in [0.3, 0.4) is 0 Å². The lowest BCUT2D eigenvalue weighted by molar-refractivity contribution is 0.0771. The summed E-state index contributed by atoms with van der Waals surface area (Å²) in [6.07, 6.45) is 2.37. The quantitative estimate of drug-likeness (QED) is 0.675. The van der Waals surface area contributed by atoms with E-state index in [1.165, 1.54) is 0 Å². The van der Waals surface area contributed by atoms with E-state index in [2.05, 4.69) is 36.8 Å². The number of ether oxygens (including phenoxy) is 1. The third-order valence-corrected chi connectivity index (χ3v) is 5.02. The van der Waals surface area contributed by atoms with Gasteiger partial charge in [0.1, 0.15) is 6.10 Å². The Bertz CT molecular complexity index is 742. The number of carbonyl (C=O) groups is 1. The van der Waals surface area contributed by atoms with Crippen LogP contribution >= 0.6 is 43.5 Å². The molecule has 2 heterocycles. The van der Waals surface area contributed by atoms with Crippen molar-refractivity contribution in [2.24, 2.45) is 0 Å². The largest absolute Gasteiger partial charge is 0.472 e. The van der Waals surface area contributed by atoms with E-state index in [0.717, 1.165) is 15.4 Å². The zero-order chi connectivity index (χ0) is 16.4. The van der Waals surface area contributed by atoms with Crippen LogP contribution in [0.5, 0.6) is 5.88 Å². The molecule has 1 aliphatic rings. The molecule has 23 heavy (non-hydrogen) atoms. The minimum Gasteiger partial charge on any atom is -0.472 e. The standard InChI is InChI=1S/C16H13Br2ClN2O2/c17-10-3-4-14(19)12(8-10)16(22)21-7-5-11(9-21)23-15-13(18)2-1-6-20-15/h1-4,6,8,11H,5,7,9H2. The highest BCUT2D eigenvalue weighted by Gasteiger charge is 2.29. The molecule has 0 aliphatic carbocycles. The summed E-state index contributed by atoms with van der Waals surface area (Å²) in [5.74, 6) is 0.467. The summed E-state index contributed by atoms with van der Waals surface area (Å²) in [7, 11) is 0. The topological polar surface area (TPSA) is 42.4 Å². The summed E-state index contributed by atoms with van der Waals surface area (Å²) in [5.41, 5.74) is 0.501. The zero-order valence-electron chi connectivity index (χ0n) is 12.0. The number of rotatable bonds is 3. The number of halogens is 3. The molecule has 1 fully saturated rings. The highest BCUT2D eigenvalue weighted by atomic mass is 79.9. The van der Waals surface area contributed by atoms with Gasteiger partial charge in [0.15, 0.2) is 0 Å². The molecule has 3 rings (SSSR count). The Labute approximate surface area is 156 Å². The number of hydrogen-bond donors (Lipinski definition) is 0. The Kier molecular flexibility index (Phi) is 5.24. The van der Waals surface area contributed by atoms with E-state index >= 15 is 0 Å². The van der Waals surface area contributed by atoms with Crippen molar-refractivity contribution in [2.75, 3.05) is 13.1 Å². The van der Waals surface area contributed by atoms with E-state index in [1.54, 1.807) is 23.2 Å². The van der Waals surface area contributed by atoms with Crippen LogP contribution in [-0.2, 0) is 0 Å². The first-order valence-electron chi connectivity index (χ1n) is 7.06. The number of hydrogen-bond acceptors (Lipinski definition) is 3. The smallest absolute Gasteiger partial charge is 0.255 e. The van der Waals surface area contributed by atoms with Gasteiger partial charge in [-0.25, -0.2) is 4.98 Å². The third kappa shape index (κ3) is 3.87. The van der Waals surface area contributed by atoms with Crippen LogP contribution in [0.25, 0.3) is 0 Å². The van der Waals surface area contributed by atoms with Crippen LogP contribution in [0.15, 0.2) is 45.5 Å². The molecule has 4 nitrogen and oxygen atoms in total. The van der Waals surface area contributed by atoms with Crippen LogP contribution in [0, 0.1) is 0 Å². The molecule has 1 atom stereocenters. The van der Waals surface area contributed by atoms with E-state index in [-0.39, 0.29) is 12.0 Å². The fourth-order valence-electron chi connectivity index (χ4n) is 2.46. The average Bonchev–Trinajstić information content (AvgIpc) is 3.00. The number of pyridine rings is 1. The van der Waals surface area contributed by atoms with Crippen LogP contribution in [-0.4, -0.2) is 35.0 Å². The maximum absolute atomic E-state index is 12.6. The number of likely N-dealkylation sites (tertiary alicyclic amines) is 1. The second-order valence-corrected chi connectivity index (χ2v) is 7.37. The van der Waals surface area contributed by atoms with Gasteiger partial charge in [0.05, 0.1) is 21.6 Å². The summed E-state index contributed by atoms with van der Waals surface area (Å²) >= 11 is 12.9. The van der Waals surface area contributed by atoms with Crippen molar-refractivity contribution in [3.63, 3.8) is 0 Å². The molecular weight excluding hydrogens is 447 g/mol. The number of nitrogens with zero attached hydrogens (tertiary/aromatic N) is 2. The van der Waals surface area contributed by atoms with Crippen molar-refractivity contribution < 1.29 is 9.53 Å². The summed E-state index contributed by atoms with van der Waals surface area (Å²) in [6, 6.07) is 8.98. The lowest BCUT2D eigenvalue weighted by Gasteiger charge is -2.18. The monoisotopic (exact) mass is 458 g/mol. The molecule has 1 aliphatic heterocycles. The molecule has 0 spiro atoms. The maximum Gasteiger partial charge on any atom is 0.255 e. The first kappa shape index (κ1) is 16.7. The van der Waals surface area contributed by atoms with Crippen molar-refractivity contribution in [1.29, 1.82) is 0 Å². The van der Waals surface area contributed by atoms with Crippen LogP contribution in [0.4, 0.5) is 0 Å². The van der Waals surface area contributed by atoms with Gasteiger partial charge < -0.3 is 9.64 Å². The molecule has 1 amide bonds. The SMILES string of the molecule is O=C(c1cc(Br)ccc1Cl)N1CCC(Oc2ncccc2Br)C1. The van der Waals surface area contributed by atoms with Crippen LogP contribution < -0.4 is 4.74 Å². The molecule has 0 saturated carbocycles. The molecule has 1 unspecified atom stereocenters. The molecule has 0 N–H and O–H groups in total. The Morgan fingerprint density at radius 3 is 2.96 bits per heavy atom. The van der Waals surface area contributed by atoms with E-state index in [4.69, 9.17) is 16.3 Å². The highest BCUT2D eigenvalue weighted by molar-refractivity contribution is 9.10. The van der Waals surface area contributed by atoms with E-state index in [0.29, 0.717) is 29.6 Å². The Hall–Kier alpha value is -1.11. The van der Waals surface area contributed by atoms with Crippen molar-refractivity contribution in [2.45, 2.75) is 12.5 Å². The van der Waals surface area contributed by atoms with Crippen LogP contribution in [0.1, 0.15) is 16.8 Å². The van der Waals surface area contributed by atoms with Gasteiger partial charge in [-0.15, -0.1) is 0 Å². The van der Waals surface area contributed by atoms with Gasteiger partial charge in [-0.2, -0.15) is 0 Å². The predicted molar refractivity (Wildman–Crippen MR) is 96.0 cm³/mol. The first-order valence-corrected chi connectivity index (χ1v) is 9.02. The second-order valence-electron chi connectivity index (χ2n) is 5.19. The van der Waals surface area contributed by atoms with Gasteiger partial charge in [-0.3, -0.25) is 4.79 Å². The molecule has 1 saturated heterocycles. The first-order chi connectivity index (χ1) is 11.0. The Morgan fingerprint density at radius 1 is 1.35 bits per heavy atom. The van der Waals surface area contributed by atoms with Gasteiger partial charge in [-0.05, 0) is 46.3 Å². The molecule has 120 valence electrons. The van der Waals surface area contributed by atoms with Gasteiger partial charge in [0.2, 0.25) is 5.88 Å². The van der Waals surface area contributed by atoms with Gasteiger partial charge in [0, 0.05) is 23.6 Å². The molecular formula is C16H13Br2ClN2O2. The lowest BCUT2D eigenvalue weighted by Crippen LogP contribution is -2.31. The molecule has 7 heteroatoms. The molecule has 0 radical (unpaired) electrons. The fraction of sp³-hybridized carbons (Fsp3) is 0.250. The van der Waals surface area contributed by atoms with E-state index in [9.17, 15) is 4.79 Å². The predicted octanol–water partition coefficient (Wildman–Crippen LogP) is 4.55. The minimum absolute atomic E-state index is 0.0731. The van der Waals surface area contributed by atoms with Gasteiger partial charge in [-0.1, -0.05) is 27.5 Å². The second kappa shape index (κ2) is 7.20. The summed E-state index contributed by atoms with van der Waals surface area (Å²) < 4.78 is 7.52. The fourth-order valence-corrected chi connectivity index (χ4v) is 3.36. The van der Waals surface area contributed by atoms with Crippen molar-refractivity contribution in [3.05, 3.63) is 56.1 Å². The number of benzene rings is 1. The molecule has 2 aromatic rings. The summed E-state index contributed by atoms with van der Waals surface area (Å²) in [6.45, 7) is 1.15. The summed E-state index contributed by atoms with van der Waals surface area (Å²) in [5, 5.41) is 0.454. The molecule has 1 aromatic carbocycles. The number of carbonyl (C=O) groups excluding carboxylic acids is 1. The van der Waals surface area contributed by atoms with Crippen molar-refractivity contribution in [1.82, 2.24) is 9.88 Å². The Balaban J connectivity index is 1.69. The summed E-state index contributed by atoms with van der Waals surface area (Å²) in [4.78, 5) is 18.6. The maximum atomic E-state index is 12.6. The van der Waals surface area contributed by atoms with E-state index < -0.39 is 0 Å². The Morgan fingerprint density at radius 2 is 2.17 bits per heavy atom. The molecule has 0 bridgehead atoms. The van der Waals surface area contributed by atoms with E-state index in [1.807, 2.05) is 18.2 Å². The minimum atomic E-state index is -0.0810.